The van der Waals surface area contributed by atoms with E-state index < -0.39 is 4.87 Å². The Morgan fingerprint density at radius 2 is 1.59 bits per heavy atom. The van der Waals surface area contributed by atoms with E-state index in [9.17, 15) is 0 Å². The van der Waals surface area contributed by atoms with Gasteiger partial charge in [0.05, 0.1) is 4.87 Å². The van der Waals surface area contributed by atoms with Gasteiger partial charge in [0, 0.05) is 33.3 Å². The van der Waals surface area contributed by atoms with Crippen molar-refractivity contribution in [2.45, 2.75) is 24.6 Å². The molecule has 1 aliphatic rings. The van der Waals surface area contributed by atoms with Crippen molar-refractivity contribution in [1.82, 2.24) is 0 Å². The molecule has 1 N–H and O–H groups in total. The van der Waals surface area contributed by atoms with Crippen LogP contribution in [0.5, 0.6) is 0 Å². The Labute approximate surface area is 187 Å². The number of hydrogen-bond donors (Lipinski definition) is 1. The molecule has 1 saturated carbocycles. The van der Waals surface area contributed by atoms with Gasteiger partial charge < -0.3 is 5.32 Å². The Morgan fingerprint density at radius 1 is 0.931 bits per heavy atom. The highest BCUT2D eigenvalue weighted by Gasteiger charge is 2.62. The average molecular weight is 443 g/mol. The fraction of sp³-hybridized carbons (Fsp3) is 0.200. The molecule has 1 aliphatic carbocycles. The van der Waals surface area contributed by atoms with Gasteiger partial charge in [-0.1, -0.05) is 71.7 Å². The number of anilines is 1. The topological polar surface area (TPSA) is 12.0 Å². The summed E-state index contributed by atoms with van der Waals surface area (Å²) in [5.41, 5.74) is 6.52. The van der Waals surface area contributed by atoms with Crippen LogP contribution in [0, 0.1) is 12.8 Å². The first-order valence-electron chi connectivity index (χ1n) is 9.53. The van der Waals surface area contributed by atoms with E-state index in [4.69, 9.17) is 34.8 Å². The van der Waals surface area contributed by atoms with Crippen molar-refractivity contribution in [3.05, 3.63) is 100 Å². The van der Waals surface area contributed by atoms with Crippen LogP contribution in [0.25, 0.3) is 11.1 Å². The van der Waals surface area contributed by atoms with E-state index in [1.807, 2.05) is 31.2 Å². The van der Waals surface area contributed by atoms with Crippen LogP contribution in [0.4, 0.5) is 5.69 Å². The minimum atomic E-state index is -0.424. The van der Waals surface area contributed by atoms with E-state index in [1.54, 1.807) is 6.07 Å². The highest BCUT2D eigenvalue weighted by Crippen LogP contribution is 2.64. The van der Waals surface area contributed by atoms with Crippen LogP contribution in [0.1, 0.15) is 24.0 Å². The molecule has 0 bridgehead atoms. The smallest absolute Gasteiger partial charge is 0.0582 e. The van der Waals surface area contributed by atoms with Gasteiger partial charge in [0.25, 0.3) is 0 Å². The summed E-state index contributed by atoms with van der Waals surface area (Å²) in [6.07, 6.45) is 0. The second kappa shape index (κ2) is 7.72. The second-order valence-corrected chi connectivity index (χ2v) is 9.59. The molecule has 3 aromatic carbocycles. The average Bonchev–Trinajstić information content (AvgIpc) is 3.24. The number of allylic oxidation sites excluding steroid dienone is 1. The van der Waals surface area contributed by atoms with E-state index in [2.05, 4.69) is 55.2 Å². The van der Waals surface area contributed by atoms with Crippen molar-refractivity contribution in [2.24, 2.45) is 5.92 Å². The zero-order valence-corrected chi connectivity index (χ0v) is 18.6. The number of hydrogen-bond acceptors (Lipinski definition) is 1. The first kappa shape index (κ1) is 20.3. The molecule has 0 aliphatic heterocycles. The van der Waals surface area contributed by atoms with E-state index >= 15 is 0 Å². The Balaban J connectivity index is 1.54. The third-order valence-corrected chi connectivity index (χ3v) is 6.52. The molecule has 29 heavy (non-hydrogen) atoms. The molecule has 0 spiro atoms. The van der Waals surface area contributed by atoms with Crippen LogP contribution in [-0.2, 0) is 0 Å². The van der Waals surface area contributed by atoms with Crippen LogP contribution >= 0.6 is 34.8 Å². The highest BCUT2D eigenvalue weighted by molar-refractivity contribution is 6.34. The molecule has 0 heterocycles. The fourth-order valence-corrected chi connectivity index (χ4v) is 5.07. The molecule has 0 saturated heterocycles. The van der Waals surface area contributed by atoms with E-state index in [0.29, 0.717) is 10.0 Å². The van der Waals surface area contributed by atoms with Crippen LogP contribution in [0.3, 0.4) is 0 Å². The molecule has 1 fully saturated rings. The van der Waals surface area contributed by atoms with Gasteiger partial charge in [-0.05, 0) is 60.9 Å². The largest absolute Gasteiger partial charge is 0.359 e. The van der Waals surface area contributed by atoms with Crippen molar-refractivity contribution in [2.75, 3.05) is 5.32 Å². The van der Waals surface area contributed by atoms with Crippen molar-refractivity contribution < 1.29 is 0 Å². The van der Waals surface area contributed by atoms with Gasteiger partial charge in [-0.15, -0.1) is 11.6 Å². The minimum Gasteiger partial charge on any atom is -0.359 e. The number of benzene rings is 3. The zero-order chi connectivity index (χ0) is 20.8. The van der Waals surface area contributed by atoms with E-state index in [0.717, 1.165) is 22.5 Å². The van der Waals surface area contributed by atoms with Crippen LogP contribution in [0.2, 0.25) is 10.0 Å². The maximum Gasteiger partial charge on any atom is 0.0582 e. The third-order valence-electron chi connectivity index (χ3n) is 5.61. The number of alkyl halides is 1. The van der Waals surface area contributed by atoms with Gasteiger partial charge in [-0.3, -0.25) is 0 Å². The predicted octanol–water partition coefficient (Wildman–Crippen LogP) is 8.31. The first-order chi connectivity index (χ1) is 13.8. The standard InChI is InChI=1S/C25H22Cl3N/c1-15-7-9-17(10-8-15)18-5-4-6-22(13-18)29-16(2)23-24(25(23,3)28)19-11-20(26)14-21(27)12-19/h4-14,23-24,29H,2H2,1,3H3. The SMILES string of the molecule is C=C(Nc1cccc(-c2ccc(C)cc2)c1)C1C(c2cc(Cl)cc(Cl)c2)C1(C)Cl. The van der Waals surface area contributed by atoms with Crippen LogP contribution in [0.15, 0.2) is 79.0 Å². The Kier molecular flexibility index (Phi) is 5.42. The lowest BCUT2D eigenvalue weighted by Gasteiger charge is -2.12. The van der Waals surface area contributed by atoms with Crippen molar-refractivity contribution in [3.8, 4) is 11.1 Å². The van der Waals surface area contributed by atoms with Crippen LogP contribution in [-0.4, -0.2) is 4.87 Å². The van der Waals surface area contributed by atoms with E-state index in [1.165, 1.54) is 11.1 Å². The number of halogens is 3. The summed E-state index contributed by atoms with van der Waals surface area (Å²) in [6.45, 7) is 8.41. The molecule has 3 unspecified atom stereocenters. The van der Waals surface area contributed by atoms with Gasteiger partial charge in [0.2, 0.25) is 0 Å². The van der Waals surface area contributed by atoms with Gasteiger partial charge in [0.1, 0.15) is 0 Å². The molecule has 0 amide bonds. The van der Waals surface area contributed by atoms with Gasteiger partial charge >= 0.3 is 0 Å². The summed E-state index contributed by atoms with van der Waals surface area (Å²) in [6, 6.07) is 22.5. The summed E-state index contributed by atoms with van der Waals surface area (Å²) in [7, 11) is 0. The van der Waals surface area contributed by atoms with Crippen molar-refractivity contribution >= 4 is 40.5 Å². The molecule has 1 nitrogen and oxygen atoms in total. The lowest BCUT2D eigenvalue weighted by Crippen LogP contribution is -2.05. The number of rotatable bonds is 5. The Morgan fingerprint density at radius 3 is 2.24 bits per heavy atom. The van der Waals surface area contributed by atoms with E-state index in [-0.39, 0.29) is 11.8 Å². The van der Waals surface area contributed by atoms with Crippen molar-refractivity contribution in [3.63, 3.8) is 0 Å². The molecular weight excluding hydrogens is 421 g/mol. The molecule has 148 valence electrons. The molecule has 3 aromatic rings. The molecule has 4 rings (SSSR count). The molecule has 0 aromatic heterocycles. The molecule has 4 heteroatoms. The maximum absolute atomic E-state index is 6.83. The second-order valence-electron chi connectivity index (χ2n) is 7.91. The quantitative estimate of drug-likeness (QED) is 0.392. The Bertz CT molecular complexity index is 1050. The highest BCUT2D eigenvalue weighted by atomic mass is 35.5. The summed E-state index contributed by atoms with van der Waals surface area (Å²) >= 11 is 19.2. The maximum atomic E-state index is 6.83. The number of nitrogens with one attached hydrogen (secondary N) is 1. The van der Waals surface area contributed by atoms with Gasteiger partial charge in [-0.2, -0.15) is 0 Å². The first-order valence-corrected chi connectivity index (χ1v) is 10.7. The molecular formula is C25H22Cl3N. The lowest BCUT2D eigenvalue weighted by atomic mass is 10.0. The summed E-state index contributed by atoms with van der Waals surface area (Å²) in [4.78, 5) is -0.424. The summed E-state index contributed by atoms with van der Waals surface area (Å²) in [5.74, 6) is 0.197. The van der Waals surface area contributed by atoms with Gasteiger partial charge in [-0.25, -0.2) is 0 Å². The number of aryl methyl sites for hydroxylation is 1. The monoisotopic (exact) mass is 441 g/mol. The zero-order valence-electron chi connectivity index (χ0n) is 16.3. The fourth-order valence-electron chi connectivity index (χ4n) is 4.08. The summed E-state index contributed by atoms with van der Waals surface area (Å²) in [5, 5.41) is 4.71. The van der Waals surface area contributed by atoms with Gasteiger partial charge in [0.15, 0.2) is 0 Å². The summed E-state index contributed by atoms with van der Waals surface area (Å²) < 4.78 is 0. The van der Waals surface area contributed by atoms with Crippen molar-refractivity contribution in [1.29, 1.82) is 0 Å². The normalized spacial score (nSPS) is 22.9. The van der Waals surface area contributed by atoms with Crippen LogP contribution < -0.4 is 5.32 Å². The predicted molar refractivity (Wildman–Crippen MR) is 126 cm³/mol. The Hall–Kier alpha value is -1.93. The third kappa shape index (κ3) is 4.19. The minimum absolute atomic E-state index is 0.0849. The molecule has 0 radical (unpaired) electrons. The molecule has 3 atom stereocenters. The lowest BCUT2D eigenvalue weighted by molar-refractivity contribution is 0.899.